The van der Waals surface area contributed by atoms with Crippen LogP contribution in [0, 0.1) is 13.8 Å². The molecule has 1 N–H and O–H groups in total. The zero-order valence-electron chi connectivity index (χ0n) is 18.0. The summed E-state index contributed by atoms with van der Waals surface area (Å²) in [5.74, 6) is -0.346. The quantitative estimate of drug-likeness (QED) is 0.447. The van der Waals surface area contributed by atoms with Crippen LogP contribution in [0.2, 0.25) is 5.02 Å². The van der Waals surface area contributed by atoms with Crippen LogP contribution in [0.1, 0.15) is 11.1 Å². The van der Waals surface area contributed by atoms with Gasteiger partial charge in [-0.3, -0.25) is 9.59 Å². The number of carbonyl (C=O) groups is 1. The van der Waals surface area contributed by atoms with Crippen molar-refractivity contribution in [2.24, 2.45) is 0 Å². The summed E-state index contributed by atoms with van der Waals surface area (Å²) in [7, 11) is -4.14. The second-order valence-corrected chi connectivity index (χ2v) is 10.2. The largest absolute Gasteiger partial charge is 0.336 e. The van der Waals surface area contributed by atoms with E-state index in [0.29, 0.717) is 16.2 Å². The van der Waals surface area contributed by atoms with Gasteiger partial charge in [-0.25, -0.2) is 8.42 Å². The van der Waals surface area contributed by atoms with Gasteiger partial charge in [0.15, 0.2) is 0 Å². The minimum Gasteiger partial charge on any atom is -0.336 e. The average Bonchev–Trinajstić information content (AvgIpc) is 2.76. The van der Waals surface area contributed by atoms with Crippen LogP contribution in [0.5, 0.6) is 0 Å². The van der Waals surface area contributed by atoms with Crippen LogP contribution in [0.15, 0.2) is 87.5 Å². The van der Waals surface area contributed by atoms with Crippen molar-refractivity contribution in [3.05, 3.63) is 99.3 Å². The fourth-order valence-corrected chi connectivity index (χ4v) is 5.12. The topological polar surface area (TPSA) is 85.2 Å². The molecule has 0 fully saturated rings. The summed E-state index contributed by atoms with van der Waals surface area (Å²) in [6.07, 6.45) is 1.24. The molecule has 1 aromatic heterocycles. The first-order valence-electron chi connectivity index (χ1n) is 10.2. The molecular weight excluding hydrogens is 460 g/mol. The number of aromatic nitrogens is 1. The van der Waals surface area contributed by atoms with E-state index >= 15 is 0 Å². The summed E-state index contributed by atoms with van der Waals surface area (Å²) in [6, 6.07) is 18.1. The van der Waals surface area contributed by atoms with Crippen LogP contribution in [0.25, 0.3) is 10.9 Å². The van der Waals surface area contributed by atoms with Crippen molar-refractivity contribution in [1.82, 2.24) is 4.57 Å². The number of nitrogens with zero attached hydrogens (tertiary/aromatic N) is 1. The third-order valence-corrected chi connectivity index (χ3v) is 7.25. The van der Waals surface area contributed by atoms with Gasteiger partial charge in [0, 0.05) is 22.3 Å². The number of amides is 1. The van der Waals surface area contributed by atoms with Crippen molar-refractivity contribution in [1.29, 1.82) is 0 Å². The Hall–Kier alpha value is -3.42. The SMILES string of the molecule is Cc1cccc(NC(=O)Cn2cc(S(=O)(=O)c3ccc(Cl)cc3)c(=O)c3cc(C)ccc32)c1. The Kier molecular flexibility index (Phi) is 6.10. The fourth-order valence-electron chi connectivity index (χ4n) is 3.63. The number of rotatable bonds is 5. The number of sulfone groups is 1. The summed E-state index contributed by atoms with van der Waals surface area (Å²) < 4.78 is 28.1. The zero-order valence-corrected chi connectivity index (χ0v) is 19.6. The van der Waals surface area contributed by atoms with Crippen molar-refractivity contribution in [3.8, 4) is 0 Å². The van der Waals surface area contributed by atoms with Crippen LogP contribution < -0.4 is 10.7 Å². The molecule has 0 aliphatic heterocycles. The Morgan fingerprint density at radius 1 is 0.970 bits per heavy atom. The third-order valence-electron chi connectivity index (χ3n) is 5.23. The zero-order chi connectivity index (χ0) is 23.8. The number of anilines is 1. The number of carbonyl (C=O) groups excluding carboxylic acids is 1. The van der Waals surface area contributed by atoms with Gasteiger partial charge in [0.2, 0.25) is 21.2 Å². The van der Waals surface area contributed by atoms with Crippen molar-refractivity contribution in [2.45, 2.75) is 30.2 Å². The summed E-state index contributed by atoms with van der Waals surface area (Å²) >= 11 is 5.89. The van der Waals surface area contributed by atoms with Gasteiger partial charge in [0.1, 0.15) is 11.4 Å². The first-order valence-corrected chi connectivity index (χ1v) is 12.0. The highest BCUT2D eigenvalue weighted by Gasteiger charge is 2.24. The van der Waals surface area contributed by atoms with E-state index in [1.54, 1.807) is 18.2 Å². The van der Waals surface area contributed by atoms with E-state index in [2.05, 4.69) is 5.32 Å². The van der Waals surface area contributed by atoms with Gasteiger partial charge >= 0.3 is 0 Å². The summed E-state index contributed by atoms with van der Waals surface area (Å²) in [5.41, 5.74) is 2.29. The lowest BCUT2D eigenvalue weighted by Gasteiger charge is -2.15. The number of hydrogen-bond donors (Lipinski definition) is 1. The normalized spacial score (nSPS) is 11.5. The summed E-state index contributed by atoms with van der Waals surface area (Å²) in [6.45, 7) is 3.56. The molecule has 0 unspecified atom stereocenters. The Bertz CT molecular complexity index is 1540. The maximum absolute atomic E-state index is 13.3. The summed E-state index contributed by atoms with van der Waals surface area (Å²) in [4.78, 5) is 25.6. The van der Waals surface area contributed by atoms with Crippen molar-refractivity contribution >= 4 is 43.9 Å². The highest BCUT2D eigenvalue weighted by molar-refractivity contribution is 7.91. The minimum absolute atomic E-state index is 0.0493. The predicted molar refractivity (Wildman–Crippen MR) is 130 cm³/mol. The molecule has 1 heterocycles. The van der Waals surface area contributed by atoms with E-state index in [1.165, 1.54) is 35.0 Å². The molecule has 0 radical (unpaired) electrons. The Morgan fingerprint density at radius 2 is 1.67 bits per heavy atom. The number of nitrogens with one attached hydrogen (secondary N) is 1. The molecule has 0 atom stereocenters. The molecule has 0 saturated carbocycles. The van der Waals surface area contributed by atoms with Crippen LogP contribution in [0.3, 0.4) is 0 Å². The van der Waals surface area contributed by atoms with Crippen LogP contribution in [-0.4, -0.2) is 18.9 Å². The second kappa shape index (κ2) is 8.84. The molecule has 33 heavy (non-hydrogen) atoms. The van der Waals surface area contributed by atoms with Gasteiger partial charge in [0.25, 0.3) is 0 Å². The monoisotopic (exact) mass is 480 g/mol. The number of halogens is 1. The highest BCUT2D eigenvalue weighted by Crippen LogP contribution is 2.23. The van der Waals surface area contributed by atoms with Crippen LogP contribution in [0.4, 0.5) is 5.69 Å². The molecule has 4 aromatic rings. The fraction of sp³-hybridized carbons (Fsp3) is 0.120. The lowest BCUT2D eigenvalue weighted by Crippen LogP contribution is -2.24. The number of fused-ring (bicyclic) bond motifs is 1. The Labute approximate surface area is 196 Å². The number of benzene rings is 3. The van der Waals surface area contributed by atoms with Gasteiger partial charge in [-0.05, 0) is 67.9 Å². The Balaban J connectivity index is 1.82. The van der Waals surface area contributed by atoms with E-state index < -0.39 is 20.2 Å². The average molecular weight is 481 g/mol. The first kappa shape index (κ1) is 22.8. The highest BCUT2D eigenvalue weighted by atomic mass is 35.5. The van der Waals surface area contributed by atoms with Crippen molar-refractivity contribution < 1.29 is 13.2 Å². The molecule has 0 aliphatic carbocycles. The maximum atomic E-state index is 13.3. The smallest absolute Gasteiger partial charge is 0.244 e. The first-order chi connectivity index (χ1) is 15.6. The molecule has 0 spiro atoms. The minimum atomic E-state index is -4.14. The molecule has 6 nitrogen and oxygen atoms in total. The van der Waals surface area contributed by atoms with E-state index in [1.807, 2.05) is 38.1 Å². The molecule has 0 saturated heterocycles. The van der Waals surface area contributed by atoms with Crippen molar-refractivity contribution in [2.75, 3.05) is 5.32 Å². The van der Waals surface area contributed by atoms with Gasteiger partial charge < -0.3 is 9.88 Å². The van der Waals surface area contributed by atoms with Gasteiger partial charge in [0.05, 0.1) is 10.4 Å². The molecule has 8 heteroatoms. The van der Waals surface area contributed by atoms with Crippen molar-refractivity contribution in [3.63, 3.8) is 0 Å². The number of pyridine rings is 1. The second-order valence-electron chi connectivity index (χ2n) is 7.85. The maximum Gasteiger partial charge on any atom is 0.244 e. The molecule has 3 aromatic carbocycles. The molecule has 0 bridgehead atoms. The van der Waals surface area contributed by atoms with E-state index in [4.69, 9.17) is 11.6 Å². The third kappa shape index (κ3) is 4.69. The molecule has 168 valence electrons. The lowest BCUT2D eigenvalue weighted by atomic mass is 10.1. The molecule has 4 rings (SSSR count). The van der Waals surface area contributed by atoms with E-state index in [0.717, 1.165) is 11.1 Å². The predicted octanol–water partition coefficient (Wildman–Crippen LogP) is 4.74. The standard InChI is InChI=1S/C25H21ClN2O4S/c1-16-4-3-5-19(12-16)27-24(29)15-28-14-23(25(30)21-13-17(2)6-11-22(21)28)33(31,32)20-9-7-18(26)8-10-20/h3-14H,15H2,1-2H3,(H,27,29). The van der Waals surface area contributed by atoms with Crippen LogP contribution in [-0.2, 0) is 21.2 Å². The van der Waals surface area contributed by atoms with Gasteiger partial charge in [-0.15, -0.1) is 0 Å². The van der Waals surface area contributed by atoms with E-state index in [9.17, 15) is 18.0 Å². The molecule has 0 aliphatic rings. The van der Waals surface area contributed by atoms with Gasteiger partial charge in [-0.1, -0.05) is 35.4 Å². The van der Waals surface area contributed by atoms with Crippen LogP contribution >= 0.6 is 11.6 Å². The number of hydrogen-bond acceptors (Lipinski definition) is 4. The number of aryl methyl sites for hydroxylation is 2. The Morgan fingerprint density at radius 3 is 2.36 bits per heavy atom. The molecule has 1 amide bonds. The summed E-state index contributed by atoms with van der Waals surface area (Å²) in [5, 5.41) is 3.43. The van der Waals surface area contributed by atoms with E-state index in [-0.39, 0.29) is 22.7 Å². The molecular formula is C25H21ClN2O4S. The van der Waals surface area contributed by atoms with Gasteiger partial charge in [-0.2, -0.15) is 0 Å². The lowest BCUT2D eigenvalue weighted by molar-refractivity contribution is -0.116.